The first-order valence-electron chi connectivity index (χ1n) is 10.2. The third-order valence-corrected chi connectivity index (χ3v) is 6.18. The van der Waals surface area contributed by atoms with Gasteiger partial charge in [0.05, 0.1) is 18.7 Å². The molecule has 3 heterocycles. The van der Waals surface area contributed by atoms with Crippen LogP contribution in [0.1, 0.15) is 17.5 Å². The molecule has 1 fully saturated rings. The number of benzene rings is 2. The molecule has 0 N–H and O–H groups in total. The number of hydrogen-bond acceptors (Lipinski definition) is 5. The third kappa shape index (κ3) is 2.62. The van der Waals surface area contributed by atoms with Crippen molar-refractivity contribution in [2.45, 2.75) is 18.4 Å². The zero-order valence-electron chi connectivity index (χ0n) is 16.3. The van der Waals surface area contributed by atoms with Gasteiger partial charge in [0.1, 0.15) is 17.2 Å². The first kappa shape index (κ1) is 17.5. The molecule has 1 atom stereocenters. The molecule has 1 spiro atoms. The number of rotatable bonds is 2. The van der Waals surface area contributed by atoms with Gasteiger partial charge in [-0.15, -0.1) is 15.3 Å². The Morgan fingerprint density at radius 3 is 2.77 bits per heavy atom. The maximum atomic E-state index is 14.3. The molecule has 2 aromatic heterocycles. The van der Waals surface area contributed by atoms with Crippen molar-refractivity contribution in [3.05, 3.63) is 77.6 Å². The van der Waals surface area contributed by atoms with Gasteiger partial charge >= 0.3 is 0 Å². The summed E-state index contributed by atoms with van der Waals surface area (Å²) in [5.74, 6) is 0.873. The van der Waals surface area contributed by atoms with E-state index in [4.69, 9.17) is 9.84 Å². The molecule has 0 radical (unpaired) electrons. The lowest BCUT2D eigenvalue weighted by Gasteiger charge is -2.41. The van der Waals surface area contributed by atoms with E-state index < -0.39 is 0 Å². The fourth-order valence-electron chi connectivity index (χ4n) is 4.71. The van der Waals surface area contributed by atoms with E-state index in [-0.39, 0.29) is 11.4 Å². The third-order valence-electron chi connectivity index (χ3n) is 6.18. The second kappa shape index (κ2) is 6.60. The number of aryl methyl sites for hydroxylation is 1. The molecule has 6 rings (SSSR count). The van der Waals surface area contributed by atoms with Gasteiger partial charge in [-0.3, -0.25) is 0 Å². The maximum absolute atomic E-state index is 14.3. The Morgan fingerprint density at radius 2 is 1.83 bits per heavy atom. The average molecular weight is 401 g/mol. The van der Waals surface area contributed by atoms with Crippen LogP contribution in [0, 0.1) is 5.82 Å². The molecule has 0 bridgehead atoms. The molecule has 6 nitrogen and oxygen atoms in total. The van der Waals surface area contributed by atoms with Crippen LogP contribution in [0.25, 0.3) is 17.0 Å². The number of fused-ring (bicyclic) bond motifs is 3. The normalized spacial score (nSPS) is 20.8. The van der Waals surface area contributed by atoms with Crippen molar-refractivity contribution in [3.63, 3.8) is 0 Å². The van der Waals surface area contributed by atoms with Crippen LogP contribution in [-0.2, 0) is 16.8 Å². The predicted octanol–water partition coefficient (Wildman–Crippen LogP) is 3.61. The van der Waals surface area contributed by atoms with E-state index in [1.54, 1.807) is 22.7 Å². The molecule has 2 aliphatic rings. The van der Waals surface area contributed by atoms with E-state index in [0.29, 0.717) is 23.6 Å². The molecular weight excluding hydrogens is 381 g/mol. The fourth-order valence-corrected chi connectivity index (χ4v) is 4.71. The van der Waals surface area contributed by atoms with E-state index in [0.717, 1.165) is 31.7 Å². The lowest BCUT2D eigenvalue weighted by Crippen LogP contribution is -2.49. The van der Waals surface area contributed by atoms with E-state index in [2.05, 4.69) is 39.4 Å². The largest absolute Gasteiger partial charge is 0.367 e. The summed E-state index contributed by atoms with van der Waals surface area (Å²) in [6.45, 7) is 2.12. The Bertz CT molecular complexity index is 1250. The lowest BCUT2D eigenvalue weighted by molar-refractivity contribution is -0.0594. The van der Waals surface area contributed by atoms with Crippen molar-refractivity contribution in [3.8, 4) is 11.4 Å². The minimum atomic E-state index is -0.341. The Morgan fingerprint density at radius 1 is 0.967 bits per heavy atom. The summed E-state index contributed by atoms with van der Waals surface area (Å²) in [6, 6.07) is 18.9. The number of anilines is 1. The van der Waals surface area contributed by atoms with Crippen molar-refractivity contribution in [1.82, 2.24) is 19.8 Å². The number of nitrogens with zero attached hydrogens (tertiary/aromatic N) is 5. The molecular formula is C23H20FN5O. The zero-order chi connectivity index (χ0) is 20.1. The first-order valence-corrected chi connectivity index (χ1v) is 10.2. The monoisotopic (exact) mass is 401 g/mol. The lowest BCUT2D eigenvalue weighted by atomic mass is 9.93. The molecule has 0 amide bonds. The van der Waals surface area contributed by atoms with E-state index >= 15 is 0 Å². The van der Waals surface area contributed by atoms with Crippen molar-refractivity contribution in [2.75, 3.05) is 24.6 Å². The summed E-state index contributed by atoms with van der Waals surface area (Å²) in [7, 11) is 0. The Kier molecular flexibility index (Phi) is 3.86. The molecule has 4 aromatic rings. The maximum Gasteiger partial charge on any atom is 0.188 e. The van der Waals surface area contributed by atoms with Crippen LogP contribution in [0.2, 0.25) is 0 Å². The van der Waals surface area contributed by atoms with Crippen LogP contribution >= 0.6 is 0 Å². The molecule has 1 saturated heterocycles. The second-order valence-corrected chi connectivity index (χ2v) is 7.89. The average Bonchev–Trinajstić information content (AvgIpc) is 3.36. The van der Waals surface area contributed by atoms with Crippen LogP contribution in [0.15, 0.2) is 60.7 Å². The fraction of sp³-hybridized carbons (Fsp3) is 0.261. The Hall–Kier alpha value is -3.32. The molecule has 2 aromatic carbocycles. The van der Waals surface area contributed by atoms with E-state index in [1.807, 2.05) is 12.1 Å². The molecule has 1 unspecified atom stereocenters. The first-order chi connectivity index (χ1) is 14.7. The highest BCUT2D eigenvalue weighted by molar-refractivity contribution is 5.60. The van der Waals surface area contributed by atoms with Gasteiger partial charge in [-0.05, 0) is 48.2 Å². The minimum absolute atomic E-state index is 0.299. The number of aromatic nitrogens is 4. The Labute approximate surface area is 172 Å². The van der Waals surface area contributed by atoms with Crippen LogP contribution in [0.5, 0.6) is 0 Å². The molecule has 30 heavy (non-hydrogen) atoms. The van der Waals surface area contributed by atoms with E-state index in [1.165, 1.54) is 17.2 Å². The molecule has 7 heteroatoms. The highest BCUT2D eigenvalue weighted by atomic mass is 19.1. The van der Waals surface area contributed by atoms with Crippen molar-refractivity contribution < 1.29 is 9.13 Å². The van der Waals surface area contributed by atoms with Crippen molar-refractivity contribution >= 4 is 11.5 Å². The quantitative estimate of drug-likeness (QED) is 0.514. The summed E-state index contributed by atoms with van der Waals surface area (Å²) in [5, 5.41) is 13.1. The summed E-state index contributed by atoms with van der Waals surface area (Å²) in [5.41, 5.74) is 3.33. The number of hydrogen-bond donors (Lipinski definition) is 0. The van der Waals surface area contributed by atoms with Gasteiger partial charge in [0.2, 0.25) is 0 Å². The number of morpholine rings is 1. The van der Waals surface area contributed by atoms with Gasteiger partial charge in [0.15, 0.2) is 11.5 Å². The van der Waals surface area contributed by atoms with E-state index in [9.17, 15) is 4.39 Å². The highest BCUT2D eigenvalue weighted by Crippen LogP contribution is 2.42. The molecule has 150 valence electrons. The standard InChI is InChI=1S/C23H20FN5O/c24-19-8-4-2-6-17(19)22-26-25-20-9-10-21(27-29(20)22)28-13-14-30-23(15-28)12-11-16-5-1-3-7-18(16)23/h1-10H,11-15H2. The topological polar surface area (TPSA) is 55.5 Å². The summed E-state index contributed by atoms with van der Waals surface area (Å²) < 4.78 is 22.3. The van der Waals surface area contributed by atoms with Gasteiger partial charge in [-0.2, -0.15) is 4.52 Å². The van der Waals surface area contributed by atoms with Gasteiger partial charge < -0.3 is 9.64 Å². The van der Waals surface area contributed by atoms with Gasteiger partial charge in [0, 0.05) is 6.54 Å². The summed E-state index contributed by atoms with van der Waals surface area (Å²) in [6.07, 6.45) is 2.00. The molecule has 0 saturated carbocycles. The van der Waals surface area contributed by atoms with Crippen LogP contribution < -0.4 is 4.90 Å². The van der Waals surface area contributed by atoms with Crippen LogP contribution in [-0.4, -0.2) is 39.5 Å². The minimum Gasteiger partial charge on any atom is -0.367 e. The predicted molar refractivity (Wildman–Crippen MR) is 111 cm³/mol. The molecule has 1 aliphatic heterocycles. The molecule has 1 aliphatic carbocycles. The summed E-state index contributed by atoms with van der Waals surface area (Å²) in [4.78, 5) is 2.25. The smallest absolute Gasteiger partial charge is 0.188 e. The van der Waals surface area contributed by atoms with Crippen LogP contribution in [0.4, 0.5) is 10.2 Å². The number of halogens is 1. The van der Waals surface area contributed by atoms with Gasteiger partial charge in [-0.25, -0.2) is 4.39 Å². The van der Waals surface area contributed by atoms with Crippen molar-refractivity contribution in [2.24, 2.45) is 0 Å². The van der Waals surface area contributed by atoms with Crippen molar-refractivity contribution in [1.29, 1.82) is 0 Å². The Balaban J connectivity index is 1.39. The second-order valence-electron chi connectivity index (χ2n) is 7.89. The van der Waals surface area contributed by atoms with Gasteiger partial charge in [-0.1, -0.05) is 36.4 Å². The van der Waals surface area contributed by atoms with Crippen LogP contribution in [0.3, 0.4) is 0 Å². The highest BCUT2D eigenvalue weighted by Gasteiger charge is 2.43. The zero-order valence-corrected chi connectivity index (χ0v) is 16.3. The SMILES string of the molecule is Fc1ccccc1-c1nnc2ccc(N3CCOC4(CCc5ccccc54)C3)nn12. The summed E-state index contributed by atoms with van der Waals surface area (Å²) >= 11 is 0. The number of ether oxygens (including phenoxy) is 1. The van der Waals surface area contributed by atoms with Gasteiger partial charge in [0.25, 0.3) is 0 Å².